The molecule has 3 amide bonds. The third kappa shape index (κ3) is 6.36. The molecule has 0 bridgehead atoms. The molecule has 7 nitrogen and oxygen atoms in total. The summed E-state index contributed by atoms with van der Waals surface area (Å²) in [4.78, 5) is 43.2. The van der Waals surface area contributed by atoms with E-state index in [0.717, 1.165) is 36.7 Å². The van der Waals surface area contributed by atoms with E-state index in [1.165, 1.54) is 11.8 Å². The van der Waals surface area contributed by atoms with Crippen molar-refractivity contribution in [2.75, 3.05) is 25.0 Å². The molecular formula is C24H25ClN4O3S. The number of rotatable bonds is 7. The first-order valence-electron chi connectivity index (χ1n) is 10.9. The van der Waals surface area contributed by atoms with Gasteiger partial charge in [-0.3, -0.25) is 14.4 Å². The topological polar surface area (TPSA) is 90.9 Å². The first-order chi connectivity index (χ1) is 16.0. The Hall–Kier alpha value is -2.84. The van der Waals surface area contributed by atoms with Crippen LogP contribution in [-0.2, 0) is 16.0 Å². The summed E-state index contributed by atoms with van der Waals surface area (Å²) in [5.41, 5.74) is 2.13. The van der Waals surface area contributed by atoms with Crippen LogP contribution in [0.2, 0.25) is 5.02 Å². The van der Waals surface area contributed by atoms with Crippen LogP contribution in [0.5, 0.6) is 0 Å². The molecule has 9 heteroatoms. The van der Waals surface area contributed by atoms with Crippen LogP contribution >= 0.6 is 23.4 Å². The summed E-state index contributed by atoms with van der Waals surface area (Å²) >= 11 is 7.35. The molecule has 4 rings (SSSR count). The molecule has 2 aliphatic heterocycles. The summed E-state index contributed by atoms with van der Waals surface area (Å²) < 4.78 is 0. The van der Waals surface area contributed by atoms with Crippen molar-refractivity contribution < 1.29 is 14.4 Å². The van der Waals surface area contributed by atoms with Gasteiger partial charge in [-0.2, -0.15) is 4.99 Å². The predicted molar refractivity (Wildman–Crippen MR) is 132 cm³/mol. The van der Waals surface area contributed by atoms with Crippen molar-refractivity contribution in [2.24, 2.45) is 4.99 Å². The van der Waals surface area contributed by atoms with Crippen LogP contribution < -0.4 is 10.6 Å². The Bertz CT molecular complexity index is 1070. The number of aliphatic imine (C=N–C) groups is 1. The smallest absolute Gasteiger partial charge is 0.262 e. The first kappa shape index (κ1) is 23.3. The Morgan fingerprint density at radius 1 is 1.12 bits per heavy atom. The van der Waals surface area contributed by atoms with Gasteiger partial charge in [0.05, 0.1) is 0 Å². The highest BCUT2D eigenvalue weighted by Crippen LogP contribution is 2.29. The van der Waals surface area contributed by atoms with Crippen molar-refractivity contribution in [3.05, 3.63) is 64.7 Å². The number of likely N-dealkylation sites (tertiary alicyclic amines) is 1. The number of hydrogen-bond acceptors (Lipinski definition) is 5. The van der Waals surface area contributed by atoms with Gasteiger partial charge in [0.1, 0.15) is 5.25 Å². The average Bonchev–Trinajstić information content (AvgIpc) is 3.45. The van der Waals surface area contributed by atoms with Crippen LogP contribution in [0.25, 0.3) is 0 Å². The van der Waals surface area contributed by atoms with Crippen LogP contribution in [0.1, 0.15) is 35.2 Å². The van der Waals surface area contributed by atoms with Crippen LogP contribution in [0.4, 0.5) is 5.69 Å². The normalized spacial score (nSPS) is 17.7. The summed E-state index contributed by atoms with van der Waals surface area (Å²) in [7, 11) is 0. The monoisotopic (exact) mass is 484 g/mol. The number of anilines is 1. The minimum absolute atomic E-state index is 0.0656. The van der Waals surface area contributed by atoms with Crippen LogP contribution in [0.15, 0.2) is 53.5 Å². The third-order valence-corrected chi connectivity index (χ3v) is 6.94. The number of nitrogens with one attached hydrogen (secondary N) is 2. The molecule has 2 aliphatic rings. The van der Waals surface area contributed by atoms with E-state index in [2.05, 4.69) is 20.5 Å². The molecule has 1 fully saturated rings. The van der Waals surface area contributed by atoms with Gasteiger partial charge in [-0.05, 0) is 61.2 Å². The molecule has 2 N–H and O–H groups in total. The maximum absolute atomic E-state index is 12.4. The lowest BCUT2D eigenvalue weighted by molar-refractivity contribution is -0.121. The SMILES string of the molecule is O=C(CC1SC(N2CCCC2)=NC1=O)Nc1ccc(C(=O)NCCc2cccc(Cl)c2)cc1. The second-order valence-corrected chi connectivity index (χ2v) is 9.61. The number of hydrogen-bond donors (Lipinski definition) is 2. The maximum Gasteiger partial charge on any atom is 0.262 e. The van der Waals surface area contributed by atoms with E-state index in [1.807, 2.05) is 24.3 Å². The van der Waals surface area contributed by atoms with E-state index in [-0.39, 0.29) is 24.1 Å². The Kier molecular flexibility index (Phi) is 7.67. The van der Waals surface area contributed by atoms with Crippen molar-refractivity contribution >= 4 is 51.9 Å². The molecule has 0 aromatic heterocycles. The van der Waals surface area contributed by atoms with Gasteiger partial charge in [-0.15, -0.1) is 0 Å². The summed E-state index contributed by atoms with van der Waals surface area (Å²) in [5, 5.41) is 6.61. The Labute approximate surface area is 202 Å². The Balaban J connectivity index is 1.22. The fraction of sp³-hybridized carbons (Fsp3) is 0.333. The highest BCUT2D eigenvalue weighted by Gasteiger charge is 2.33. The minimum Gasteiger partial charge on any atom is -0.352 e. The van der Waals surface area contributed by atoms with E-state index in [0.29, 0.717) is 29.2 Å². The number of amides is 3. The van der Waals surface area contributed by atoms with Gasteiger partial charge in [0.25, 0.3) is 11.8 Å². The van der Waals surface area contributed by atoms with E-state index < -0.39 is 5.25 Å². The second kappa shape index (κ2) is 10.9. The standard InChI is InChI=1S/C24H25ClN4O3S/c25-18-5-3-4-16(14-18)10-11-26-22(31)17-6-8-19(9-7-17)27-21(30)15-20-23(32)28-24(33-20)29-12-1-2-13-29/h3-9,14,20H,1-2,10-13,15H2,(H,26,31)(H,27,30). The molecule has 0 radical (unpaired) electrons. The van der Waals surface area contributed by atoms with Crippen LogP contribution in [0, 0.1) is 0 Å². The molecule has 0 aliphatic carbocycles. The van der Waals surface area contributed by atoms with Crippen molar-refractivity contribution in [3.63, 3.8) is 0 Å². The van der Waals surface area contributed by atoms with Gasteiger partial charge in [0, 0.05) is 42.3 Å². The van der Waals surface area contributed by atoms with Crippen molar-refractivity contribution in [2.45, 2.75) is 30.9 Å². The predicted octanol–water partition coefficient (Wildman–Crippen LogP) is 3.73. The summed E-state index contributed by atoms with van der Waals surface area (Å²) in [6.45, 7) is 2.32. The van der Waals surface area contributed by atoms with E-state index in [1.54, 1.807) is 24.3 Å². The molecule has 2 aromatic carbocycles. The second-order valence-electron chi connectivity index (χ2n) is 8.00. The van der Waals surface area contributed by atoms with Crippen molar-refractivity contribution in [3.8, 4) is 0 Å². The molecule has 1 atom stereocenters. The number of benzene rings is 2. The highest BCUT2D eigenvalue weighted by molar-refractivity contribution is 8.15. The number of carbonyl (C=O) groups is 3. The van der Waals surface area contributed by atoms with Gasteiger partial charge in [-0.25, -0.2) is 0 Å². The molecular weight excluding hydrogens is 460 g/mol. The molecule has 2 aromatic rings. The van der Waals surface area contributed by atoms with Gasteiger partial charge in [0.15, 0.2) is 5.17 Å². The summed E-state index contributed by atoms with van der Waals surface area (Å²) in [5.74, 6) is -0.686. The number of amidine groups is 1. The van der Waals surface area contributed by atoms with Gasteiger partial charge in [0.2, 0.25) is 5.91 Å². The first-order valence-corrected chi connectivity index (χ1v) is 12.2. The fourth-order valence-electron chi connectivity index (χ4n) is 3.75. The van der Waals surface area contributed by atoms with Gasteiger partial charge >= 0.3 is 0 Å². The number of carbonyl (C=O) groups excluding carboxylic acids is 3. The Morgan fingerprint density at radius 3 is 2.61 bits per heavy atom. The van der Waals surface area contributed by atoms with Gasteiger partial charge < -0.3 is 15.5 Å². The lowest BCUT2D eigenvalue weighted by Crippen LogP contribution is -2.26. The van der Waals surface area contributed by atoms with Gasteiger partial charge in [-0.1, -0.05) is 35.5 Å². The number of nitrogens with zero attached hydrogens (tertiary/aromatic N) is 2. The molecule has 0 spiro atoms. The minimum atomic E-state index is -0.481. The zero-order valence-corrected chi connectivity index (χ0v) is 19.6. The van der Waals surface area contributed by atoms with Crippen molar-refractivity contribution in [1.29, 1.82) is 0 Å². The largest absolute Gasteiger partial charge is 0.352 e. The quantitative estimate of drug-likeness (QED) is 0.624. The maximum atomic E-state index is 12.4. The van der Waals surface area contributed by atoms with Crippen LogP contribution in [0.3, 0.4) is 0 Å². The number of halogens is 1. The number of thioether (sulfide) groups is 1. The van der Waals surface area contributed by atoms with E-state index >= 15 is 0 Å². The highest BCUT2D eigenvalue weighted by atomic mass is 35.5. The fourth-order valence-corrected chi connectivity index (χ4v) is 5.08. The molecule has 1 saturated heterocycles. The molecule has 33 heavy (non-hydrogen) atoms. The lowest BCUT2D eigenvalue weighted by Gasteiger charge is -2.16. The average molecular weight is 485 g/mol. The third-order valence-electron chi connectivity index (χ3n) is 5.50. The molecule has 0 saturated carbocycles. The summed E-state index contributed by atoms with van der Waals surface area (Å²) in [6, 6.07) is 14.2. The van der Waals surface area contributed by atoms with Crippen LogP contribution in [-0.4, -0.2) is 52.7 Å². The molecule has 1 unspecified atom stereocenters. The summed E-state index contributed by atoms with van der Waals surface area (Å²) in [6.07, 6.45) is 2.96. The zero-order valence-electron chi connectivity index (χ0n) is 18.1. The zero-order chi connectivity index (χ0) is 23.2. The molecule has 172 valence electrons. The van der Waals surface area contributed by atoms with E-state index in [4.69, 9.17) is 11.6 Å². The van der Waals surface area contributed by atoms with Crippen molar-refractivity contribution in [1.82, 2.24) is 10.2 Å². The molecule has 2 heterocycles. The van der Waals surface area contributed by atoms with E-state index in [9.17, 15) is 14.4 Å². The lowest BCUT2D eigenvalue weighted by atomic mass is 10.1. The Morgan fingerprint density at radius 2 is 1.88 bits per heavy atom.